The number of nitrogens with zero attached hydrogens (tertiary/aromatic N) is 1. The van der Waals surface area contributed by atoms with Gasteiger partial charge >= 0.3 is 0 Å². The second kappa shape index (κ2) is 7.33. The molecule has 0 spiro atoms. The average molecular weight is 295 g/mol. The largest absolute Gasteiger partial charge is 0.373 e. The molecule has 0 amide bonds. The lowest BCUT2D eigenvalue weighted by Crippen LogP contribution is -2.27. The van der Waals surface area contributed by atoms with Crippen LogP contribution in [0.4, 0.5) is 5.69 Å². The van der Waals surface area contributed by atoms with Crippen molar-refractivity contribution in [3.8, 4) is 0 Å². The maximum atomic E-state index is 6.46. The second-order valence-corrected chi connectivity index (χ2v) is 6.72. The summed E-state index contributed by atoms with van der Waals surface area (Å²) in [6.07, 6.45) is 5.52. The summed E-state index contributed by atoms with van der Waals surface area (Å²) in [5, 5.41) is 4.36. The third-order valence-corrected chi connectivity index (χ3v) is 4.46. The molecule has 1 aromatic carbocycles. The van der Waals surface area contributed by atoms with E-state index < -0.39 is 0 Å². The Labute approximate surface area is 128 Å². The van der Waals surface area contributed by atoms with Crippen LogP contribution in [-0.4, -0.2) is 19.6 Å². The van der Waals surface area contributed by atoms with Gasteiger partial charge in [-0.25, -0.2) is 0 Å². The maximum Gasteiger partial charge on any atom is 0.0642 e. The van der Waals surface area contributed by atoms with Crippen LogP contribution in [0.2, 0.25) is 5.02 Å². The van der Waals surface area contributed by atoms with E-state index in [2.05, 4.69) is 37.2 Å². The lowest BCUT2D eigenvalue weighted by Gasteiger charge is -2.27. The van der Waals surface area contributed by atoms with Gasteiger partial charge in [0.1, 0.15) is 0 Å². The predicted octanol–water partition coefficient (Wildman–Crippen LogP) is 4.46. The molecular formula is C17H27ClN2. The quantitative estimate of drug-likeness (QED) is 0.833. The highest BCUT2D eigenvalue weighted by Crippen LogP contribution is 2.32. The smallest absolute Gasteiger partial charge is 0.0642 e. The minimum atomic E-state index is 0.488. The summed E-state index contributed by atoms with van der Waals surface area (Å²) in [4.78, 5) is 2.36. The third-order valence-electron chi connectivity index (χ3n) is 4.16. The molecule has 2 rings (SSSR count). The maximum absolute atomic E-state index is 6.46. The van der Waals surface area contributed by atoms with E-state index in [1.165, 1.54) is 36.9 Å². The highest BCUT2D eigenvalue weighted by Gasteiger charge is 2.19. The van der Waals surface area contributed by atoms with E-state index in [0.717, 1.165) is 24.0 Å². The van der Waals surface area contributed by atoms with Gasteiger partial charge in [-0.15, -0.1) is 0 Å². The first-order chi connectivity index (χ1) is 9.58. The normalized spacial score (nSPS) is 16.1. The van der Waals surface area contributed by atoms with Gasteiger partial charge < -0.3 is 10.2 Å². The molecule has 1 aromatic rings. The van der Waals surface area contributed by atoms with E-state index in [0.29, 0.717) is 6.04 Å². The van der Waals surface area contributed by atoms with Crippen LogP contribution >= 0.6 is 11.6 Å². The van der Waals surface area contributed by atoms with Crippen molar-refractivity contribution < 1.29 is 0 Å². The summed E-state index contributed by atoms with van der Waals surface area (Å²) in [7, 11) is 2.18. The molecule has 1 fully saturated rings. The van der Waals surface area contributed by atoms with Gasteiger partial charge in [0.15, 0.2) is 0 Å². The Hall–Kier alpha value is -0.730. The van der Waals surface area contributed by atoms with E-state index in [9.17, 15) is 0 Å². The van der Waals surface area contributed by atoms with Crippen LogP contribution in [0.25, 0.3) is 0 Å². The van der Waals surface area contributed by atoms with E-state index in [1.807, 2.05) is 12.1 Å². The van der Waals surface area contributed by atoms with E-state index in [1.54, 1.807) is 0 Å². The zero-order chi connectivity index (χ0) is 14.5. The second-order valence-electron chi connectivity index (χ2n) is 6.31. The van der Waals surface area contributed by atoms with Crippen LogP contribution < -0.4 is 10.2 Å². The SMILES string of the molecule is CC(C)NCc1cccc(Cl)c1N(C)CC1CCCC1. The van der Waals surface area contributed by atoms with Crippen LogP contribution in [0.5, 0.6) is 0 Å². The Kier molecular flexibility index (Phi) is 5.74. The molecule has 0 aromatic heterocycles. The van der Waals surface area contributed by atoms with Crippen LogP contribution in [0.1, 0.15) is 45.1 Å². The molecule has 112 valence electrons. The summed E-state index contributed by atoms with van der Waals surface area (Å²) in [5.41, 5.74) is 2.50. The summed E-state index contributed by atoms with van der Waals surface area (Å²) in [6, 6.07) is 6.72. The number of para-hydroxylation sites is 1. The first-order valence-electron chi connectivity index (χ1n) is 7.80. The topological polar surface area (TPSA) is 15.3 Å². The number of hydrogen-bond acceptors (Lipinski definition) is 2. The zero-order valence-electron chi connectivity index (χ0n) is 13.0. The van der Waals surface area contributed by atoms with Crippen LogP contribution in [-0.2, 0) is 6.54 Å². The molecule has 1 aliphatic rings. The zero-order valence-corrected chi connectivity index (χ0v) is 13.7. The van der Waals surface area contributed by atoms with Gasteiger partial charge in [0.05, 0.1) is 10.7 Å². The number of hydrogen-bond donors (Lipinski definition) is 1. The monoisotopic (exact) mass is 294 g/mol. The fourth-order valence-corrected chi connectivity index (χ4v) is 3.45. The fraction of sp³-hybridized carbons (Fsp3) is 0.647. The molecule has 1 saturated carbocycles. The molecule has 0 atom stereocenters. The minimum Gasteiger partial charge on any atom is -0.373 e. The number of benzene rings is 1. The van der Waals surface area contributed by atoms with Crippen molar-refractivity contribution in [3.63, 3.8) is 0 Å². The molecule has 0 radical (unpaired) electrons. The highest BCUT2D eigenvalue weighted by molar-refractivity contribution is 6.33. The summed E-state index contributed by atoms with van der Waals surface area (Å²) in [6.45, 7) is 6.35. The van der Waals surface area contributed by atoms with Crippen molar-refractivity contribution in [1.29, 1.82) is 0 Å². The fourth-order valence-electron chi connectivity index (χ4n) is 3.12. The number of anilines is 1. The molecule has 2 nitrogen and oxygen atoms in total. The minimum absolute atomic E-state index is 0.488. The molecule has 3 heteroatoms. The van der Waals surface area contributed by atoms with Crippen molar-refractivity contribution in [2.45, 2.75) is 52.1 Å². The number of rotatable bonds is 6. The predicted molar refractivity (Wildman–Crippen MR) is 88.7 cm³/mol. The van der Waals surface area contributed by atoms with E-state index >= 15 is 0 Å². The van der Waals surface area contributed by atoms with E-state index in [-0.39, 0.29) is 0 Å². The Morgan fingerprint density at radius 1 is 1.30 bits per heavy atom. The van der Waals surface area contributed by atoms with Crippen molar-refractivity contribution >= 4 is 17.3 Å². The molecule has 0 unspecified atom stereocenters. The Morgan fingerprint density at radius 3 is 2.65 bits per heavy atom. The van der Waals surface area contributed by atoms with Crippen molar-refractivity contribution in [3.05, 3.63) is 28.8 Å². The van der Waals surface area contributed by atoms with Gasteiger partial charge in [-0.05, 0) is 30.4 Å². The van der Waals surface area contributed by atoms with Gasteiger partial charge in [0.2, 0.25) is 0 Å². The number of nitrogens with one attached hydrogen (secondary N) is 1. The molecule has 1 N–H and O–H groups in total. The van der Waals surface area contributed by atoms with Crippen LogP contribution in [0.15, 0.2) is 18.2 Å². The van der Waals surface area contributed by atoms with Crippen molar-refractivity contribution in [2.24, 2.45) is 5.92 Å². The summed E-state index contributed by atoms with van der Waals surface area (Å²) in [5.74, 6) is 0.835. The molecular weight excluding hydrogens is 268 g/mol. The van der Waals surface area contributed by atoms with Gasteiger partial charge in [-0.2, -0.15) is 0 Å². The first kappa shape index (κ1) is 15.7. The van der Waals surface area contributed by atoms with Gasteiger partial charge in [-0.3, -0.25) is 0 Å². The van der Waals surface area contributed by atoms with Crippen molar-refractivity contribution in [2.75, 3.05) is 18.5 Å². The summed E-state index contributed by atoms with van der Waals surface area (Å²) < 4.78 is 0. The van der Waals surface area contributed by atoms with Gasteiger partial charge in [0, 0.05) is 26.2 Å². The Morgan fingerprint density at radius 2 is 2.00 bits per heavy atom. The average Bonchev–Trinajstić information content (AvgIpc) is 2.88. The standard InChI is InChI=1S/C17H27ClN2/c1-13(2)19-11-15-9-6-10-16(18)17(15)20(3)12-14-7-4-5-8-14/h6,9-10,13-14,19H,4-5,7-8,11-12H2,1-3H3. The highest BCUT2D eigenvalue weighted by atomic mass is 35.5. The number of halogens is 1. The molecule has 0 saturated heterocycles. The third kappa shape index (κ3) is 4.13. The summed E-state index contributed by atoms with van der Waals surface area (Å²) >= 11 is 6.46. The molecule has 20 heavy (non-hydrogen) atoms. The lowest BCUT2D eigenvalue weighted by molar-refractivity contribution is 0.544. The van der Waals surface area contributed by atoms with Crippen molar-refractivity contribution in [1.82, 2.24) is 5.32 Å². The van der Waals surface area contributed by atoms with Crippen LogP contribution in [0, 0.1) is 5.92 Å². The molecule has 0 bridgehead atoms. The Bertz CT molecular complexity index is 425. The Balaban J connectivity index is 2.10. The molecule has 0 aliphatic heterocycles. The lowest BCUT2D eigenvalue weighted by atomic mass is 10.1. The van der Waals surface area contributed by atoms with E-state index in [4.69, 9.17) is 11.6 Å². The van der Waals surface area contributed by atoms with Gasteiger partial charge in [-0.1, -0.05) is 50.4 Å². The molecule has 0 heterocycles. The van der Waals surface area contributed by atoms with Crippen LogP contribution in [0.3, 0.4) is 0 Å². The molecule has 1 aliphatic carbocycles. The first-order valence-corrected chi connectivity index (χ1v) is 8.17. The van der Waals surface area contributed by atoms with Gasteiger partial charge in [0.25, 0.3) is 0 Å².